The number of carbonyl (C=O) groups is 1. The van der Waals surface area contributed by atoms with Gasteiger partial charge in [-0.3, -0.25) is 9.69 Å². The van der Waals surface area contributed by atoms with E-state index in [1.54, 1.807) is 21.2 Å². The van der Waals surface area contributed by atoms with E-state index < -0.39 is 0 Å². The van der Waals surface area contributed by atoms with Crippen LogP contribution in [0.15, 0.2) is 28.3 Å². The molecule has 162 valence electrons. The highest BCUT2D eigenvalue weighted by Gasteiger charge is 2.26. The smallest absolute Gasteiger partial charge is 0.253 e. The molecule has 0 aliphatic carbocycles. The summed E-state index contributed by atoms with van der Waals surface area (Å²) < 4.78 is 1.76. The molecule has 4 rings (SSSR count). The van der Waals surface area contributed by atoms with Crippen LogP contribution >= 0.6 is 35.1 Å². The fourth-order valence-electron chi connectivity index (χ4n) is 3.55. The molecule has 0 spiro atoms. The van der Waals surface area contributed by atoms with Crippen LogP contribution in [-0.4, -0.2) is 54.1 Å². The van der Waals surface area contributed by atoms with Gasteiger partial charge in [0.25, 0.3) is 5.78 Å². The van der Waals surface area contributed by atoms with E-state index in [1.807, 2.05) is 45.2 Å². The lowest BCUT2D eigenvalue weighted by atomic mass is 10.1. The van der Waals surface area contributed by atoms with Crippen molar-refractivity contribution in [3.05, 3.63) is 45.7 Å². The number of aliphatic imine (C=N–C) groups is 1. The highest BCUT2D eigenvalue weighted by molar-refractivity contribution is 8.14. The van der Waals surface area contributed by atoms with Gasteiger partial charge in [-0.05, 0) is 56.7 Å². The first-order chi connectivity index (χ1) is 14.9. The fraction of sp³-hybridized carbons (Fsp3) is 0.381. The third-order valence-corrected chi connectivity index (χ3v) is 7.24. The Labute approximate surface area is 194 Å². The van der Waals surface area contributed by atoms with E-state index in [-0.39, 0.29) is 5.91 Å². The SMILES string of the molecule is CSc1nc2nc(C)c(CCC(=O)N3CCSC3=Nc3cccc(Cl)c3C)c(C)n2n1. The van der Waals surface area contributed by atoms with Crippen molar-refractivity contribution < 1.29 is 4.79 Å². The molecule has 0 unspecified atom stereocenters. The summed E-state index contributed by atoms with van der Waals surface area (Å²) in [6, 6.07) is 5.64. The Kier molecular flexibility index (Phi) is 6.55. The van der Waals surface area contributed by atoms with Crippen molar-refractivity contribution in [2.24, 2.45) is 4.99 Å². The number of amides is 1. The number of hydrogen-bond donors (Lipinski definition) is 0. The van der Waals surface area contributed by atoms with Gasteiger partial charge in [0.1, 0.15) is 0 Å². The topological polar surface area (TPSA) is 75.8 Å². The number of fused-ring (bicyclic) bond motifs is 1. The van der Waals surface area contributed by atoms with Gasteiger partial charge >= 0.3 is 0 Å². The van der Waals surface area contributed by atoms with Crippen LogP contribution in [0.3, 0.4) is 0 Å². The molecule has 0 N–H and O–H groups in total. The molecule has 1 fully saturated rings. The van der Waals surface area contributed by atoms with Gasteiger partial charge in [-0.15, -0.1) is 5.10 Å². The zero-order valence-electron chi connectivity index (χ0n) is 17.8. The Hall–Kier alpha value is -2.10. The van der Waals surface area contributed by atoms with Crippen LogP contribution in [0.5, 0.6) is 0 Å². The summed E-state index contributed by atoms with van der Waals surface area (Å²) in [6.45, 7) is 6.56. The van der Waals surface area contributed by atoms with Gasteiger partial charge in [0.05, 0.1) is 5.69 Å². The Morgan fingerprint density at radius 3 is 2.87 bits per heavy atom. The Morgan fingerprint density at radius 2 is 2.10 bits per heavy atom. The van der Waals surface area contributed by atoms with Crippen LogP contribution in [0, 0.1) is 20.8 Å². The molecule has 1 amide bonds. The molecule has 1 aliphatic heterocycles. The zero-order valence-corrected chi connectivity index (χ0v) is 20.2. The number of benzene rings is 1. The van der Waals surface area contributed by atoms with Gasteiger partial charge in [-0.2, -0.15) is 4.98 Å². The fourth-order valence-corrected chi connectivity index (χ4v) is 5.03. The van der Waals surface area contributed by atoms with E-state index in [9.17, 15) is 4.79 Å². The number of hydrogen-bond acceptors (Lipinski definition) is 7. The number of rotatable bonds is 5. The molecular formula is C21H23ClN6OS2. The van der Waals surface area contributed by atoms with E-state index in [4.69, 9.17) is 16.6 Å². The van der Waals surface area contributed by atoms with Crippen molar-refractivity contribution >= 4 is 57.7 Å². The van der Waals surface area contributed by atoms with Crippen LogP contribution < -0.4 is 0 Å². The molecule has 0 saturated carbocycles. The average Bonchev–Trinajstić information content (AvgIpc) is 3.38. The number of aryl methyl sites for hydroxylation is 2. The van der Waals surface area contributed by atoms with E-state index in [2.05, 4.69) is 15.1 Å². The number of nitrogens with zero attached hydrogens (tertiary/aromatic N) is 6. The Bertz CT molecular complexity index is 1190. The summed E-state index contributed by atoms with van der Waals surface area (Å²) in [5.41, 5.74) is 4.61. The van der Waals surface area contributed by atoms with Gasteiger partial charge in [0.2, 0.25) is 11.1 Å². The minimum Gasteiger partial charge on any atom is -0.290 e. The second-order valence-corrected chi connectivity index (χ2v) is 9.49. The lowest BCUT2D eigenvalue weighted by Crippen LogP contribution is -2.32. The second kappa shape index (κ2) is 9.18. The number of amidine groups is 1. The van der Waals surface area contributed by atoms with Crippen molar-refractivity contribution in [1.29, 1.82) is 0 Å². The Balaban J connectivity index is 1.53. The predicted octanol–water partition coefficient (Wildman–Crippen LogP) is 4.62. The molecule has 31 heavy (non-hydrogen) atoms. The number of thioether (sulfide) groups is 2. The normalized spacial score (nSPS) is 15.4. The third-order valence-electron chi connectivity index (χ3n) is 5.33. The zero-order chi connectivity index (χ0) is 22.1. The minimum atomic E-state index is 0.0609. The van der Waals surface area contributed by atoms with Crippen LogP contribution in [0.4, 0.5) is 5.69 Å². The van der Waals surface area contributed by atoms with Gasteiger partial charge in [0, 0.05) is 35.1 Å². The molecule has 1 aliphatic rings. The minimum absolute atomic E-state index is 0.0609. The molecule has 1 aromatic carbocycles. The molecule has 2 aromatic heterocycles. The van der Waals surface area contributed by atoms with E-state index >= 15 is 0 Å². The summed E-state index contributed by atoms with van der Waals surface area (Å²) >= 11 is 9.31. The lowest BCUT2D eigenvalue weighted by molar-refractivity contribution is -0.126. The predicted molar refractivity (Wildman–Crippen MR) is 128 cm³/mol. The van der Waals surface area contributed by atoms with Crippen molar-refractivity contribution in [1.82, 2.24) is 24.5 Å². The standard InChI is InChI=1S/C21H23ClN6OS2/c1-12-16(22)6-5-7-17(12)24-21-27(10-11-31-21)18(29)9-8-15-13(2)23-19-25-20(30-4)26-28(19)14(15)3/h5-7H,8-11H2,1-4H3. The molecule has 0 bridgehead atoms. The molecule has 3 heterocycles. The van der Waals surface area contributed by atoms with Gasteiger partial charge < -0.3 is 0 Å². The summed E-state index contributed by atoms with van der Waals surface area (Å²) in [4.78, 5) is 28.6. The molecular weight excluding hydrogens is 452 g/mol. The lowest BCUT2D eigenvalue weighted by Gasteiger charge is -2.17. The van der Waals surface area contributed by atoms with Crippen LogP contribution in [0.1, 0.15) is 28.9 Å². The monoisotopic (exact) mass is 474 g/mol. The quantitative estimate of drug-likeness (QED) is 0.502. The maximum Gasteiger partial charge on any atom is 0.253 e. The largest absolute Gasteiger partial charge is 0.290 e. The summed E-state index contributed by atoms with van der Waals surface area (Å²) in [5, 5.41) is 6.59. The molecule has 3 aromatic rings. The summed E-state index contributed by atoms with van der Waals surface area (Å²) in [5.74, 6) is 1.49. The highest BCUT2D eigenvalue weighted by Crippen LogP contribution is 2.29. The van der Waals surface area contributed by atoms with E-state index in [1.165, 1.54) is 11.8 Å². The molecule has 7 nitrogen and oxygen atoms in total. The van der Waals surface area contributed by atoms with Gasteiger partial charge in [-0.1, -0.05) is 41.2 Å². The summed E-state index contributed by atoms with van der Waals surface area (Å²) in [7, 11) is 0. The van der Waals surface area contributed by atoms with E-state index in [0.29, 0.717) is 35.3 Å². The van der Waals surface area contributed by atoms with Crippen LogP contribution in [-0.2, 0) is 11.2 Å². The maximum absolute atomic E-state index is 13.1. The highest BCUT2D eigenvalue weighted by atomic mass is 35.5. The second-order valence-electron chi connectivity index (χ2n) is 7.24. The molecule has 1 saturated heterocycles. The first-order valence-electron chi connectivity index (χ1n) is 9.93. The maximum atomic E-state index is 13.1. The first kappa shape index (κ1) is 22.1. The van der Waals surface area contributed by atoms with Gasteiger partial charge in [0.15, 0.2) is 5.17 Å². The molecule has 10 heteroatoms. The van der Waals surface area contributed by atoms with Crippen LogP contribution in [0.2, 0.25) is 5.02 Å². The van der Waals surface area contributed by atoms with Crippen molar-refractivity contribution in [3.8, 4) is 0 Å². The third kappa shape index (κ3) is 4.44. The number of carbonyl (C=O) groups excluding carboxylic acids is 1. The molecule has 0 atom stereocenters. The van der Waals surface area contributed by atoms with Crippen LogP contribution in [0.25, 0.3) is 5.78 Å². The first-order valence-corrected chi connectivity index (χ1v) is 12.5. The Morgan fingerprint density at radius 1 is 1.29 bits per heavy atom. The molecule has 0 radical (unpaired) electrons. The van der Waals surface area contributed by atoms with Gasteiger partial charge in [-0.25, -0.2) is 14.5 Å². The number of halogens is 1. The van der Waals surface area contributed by atoms with Crippen molar-refractivity contribution in [3.63, 3.8) is 0 Å². The van der Waals surface area contributed by atoms with Crippen molar-refractivity contribution in [2.45, 2.75) is 38.8 Å². The number of aromatic nitrogens is 4. The summed E-state index contributed by atoms with van der Waals surface area (Å²) in [6.07, 6.45) is 2.92. The van der Waals surface area contributed by atoms with Crippen molar-refractivity contribution in [2.75, 3.05) is 18.6 Å². The average molecular weight is 475 g/mol. The van der Waals surface area contributed by atoms with E-state index in [0.717, 1.165) is 39.1 Å².